The van der Waals surface area contributed by atoms with E-state index in [0.717, 1.165) is 28.7 Å². The van der Waals surface area contributed by atoms with Crippen molar-refractivity contribution < 1.29 is 19.1 Å². The summed E-state index contributed by atoms with van der Waals surface area (Å²) < 4.78 is 13.3. The van der Waals surface area contributed by atoms with Crippen LogP contribution in [0.25, 0.3) is 16.7 Å². The third-order valence-corrected chi connectivity index (χ3v) is 5.73. The van der Waals surface area contributed by atoms with E-state index in [0.29, 0.717) is 36.6 Å². The lowest BCUT2D eigenvalue weighted by Gasteiger charge is -2.16. The Bertz CT molecular complexity index is 1340. The minimum Gasteiger partial charge on any atom is -0.489 e. The molecular formula is C25H22N2O5. The van der Waals surface area contributed by atoms with E-state index >= 15 is 0 Å². The molecule has 1 aliphatic rings. The van der Waals surface area contributed by atoms with Crippen molar-refractivity contribution in [1.29, 1.82) is 0 Å². The molecule has 1 N–H and O–H groups in total. The Labute approximate surface area is 184 Å². The maximum absolute atomic E-state index is 12.8. The Kier molecular flexibility index (Phi) is 5.15. The molecule has 0 saturated heterocycles. The van der Waals surface area contributed by atoms with Crippen molar-refractivity contribution in [3.63, 3.8) is 0 Å². The molecule has 0 bridgehead atoms. The molecule has 1 amide bonds. The lowest BCUT2D eigenvalue weighted by atomic mass is 10.1. The van der Waals surface area contributed by atoms with Crippen molar-refractivity contribution in [2.24, 2.45) is 0 Å². The third kappa shape index (κ3) is 3.85. The van der Waals surface area contributed by atoms with Gasteiger partial charge in [-0.1, -0.05) is 30.3 Å². The zero-order chi connectivity index (χ0) is 22.1. The van der Waals surface area contributed by atoms with Crippen molar-refractivity contribution in [1.82, 2.24) is 9.47 Å². The van der Waals surface area contributed by atoms with E-state index < -0.39 is 6.09 Å². The van der Waals surface area contributed by atoms with Gasteiger partial charge in [0.05, 0.1) is 6.54 Å². The number of aromatic nitrogens is 1. The van der Waals surface area contributed by atoms with E-state index in [-0.39, 0.29) is 12.1 Å². The molecular weight excluding hydrogens is 408 g/mol. The first kappa shape index (κ1) is 19.9. The van der Waals surface area contributed by atoms with Crippen LogP contribution >= 0.6 is 0 Å². The van der Waals surface area contributed by atoms with Gasteiger partial charge in [-0.05, 0) is 36.2 Å². The second-order valence-corrected chi connectivity index (χ2v) is 7.84. The van der Waals surface area contributed by atoms with Gasteiger partial charge in [-0.3, -0.25) is 9.36 Å². The molecule has 2 aromatic carbocycles. The number of aryl methyl sites for hydroxylation is 1. The summed E-state index contributed by atoms with van der Waals surface area (Å²) in [6.07, 6.45) is 2.16. The summed E-state index contributed by atoms with van der Waals surface area (Å²) in [4.78, 5) is 25.7. The number of furan rings is 1. The first-order valence-corrected chi connectivity index (χ1v) is 10.5. The molecule has 5 rings (SSSR count). The van der Waals surface area contributed by atoms with Gasteiger partial charge in [0, 0.05) is 41.9 Å². The number of pyridine rings is 1. The van der Waals surface area contributed by atoms with E-state index in [2.05, 4.69) is 0 Å². The summed E-state index contributed by atoms with van der Waals surface area (Å²) in [5.41, 5.74) is 3.07. The highest BCUT2D eigenvalue weighted by atomic mass is 16.5. The van der Waals surface area contributed by atoms with E-state index in [4.69, 9.17) is 9.15 Å². The summed E-state index contributed by atoms with van der Waals surface area (Å²) in [6.45, 7) is 1.14. The maximum atomic E-state index is 12.8. The predicted octanol–water partition coefficient (Wildman–Crippen LogP) is 4.59. The number of benzene rings is 2. The number of rotatable bonds is 4. The highest BCUT2D eigenvalue weighted by Crippen LogP contribution is 2.31. The van der Waals surface area contributed by atoms with E-state index in [1.54, 1.807) is 16.8 Å². The highest BCUT2D eigenvalue weighted by Gasteiger charge is 2.23. The quantitative estimate of drug-likeness (QED) is 0.512. The van der Waals surface area contributed by atoms with Crippen LogP contribution in [0.3, 0.4) is 0 Å². The van der Waals surface area contributed by atoms with E-state index in [9.17, 15) is 14.7 Å². The molecule has 0 radical (unpaired) electrons. The number of hydrogen-bond donors (Lipinski definition) is 1. The summed E-state index contributed by atoms with van der Waals surface area (Å²) >= 11 is 0. The van der Waals surface area contributed by atoms with Crippen molar-refractivity contribution in [3.05, 3.63) is 94.1 Å². The molecule has 32 heavy (non-hydrogen) atoms. The van der Waals surface area contributed by atoms with Crippen LogP contribution in [-0.2, 0) is 19.6 Å². The third-order valence-electron chi connectivity index (χ3n) is 5.73. The number of nitrogens with zero attached hydrogens (tertiary/aromatic N) is 2. The number of hydrogen-bond acceptors (Lipinski definition) is 4. The molecule has 1 aliphatic heterocycles. The van der Waals surface area contributed by atoms with Crippen LogP contribution in [0.4, 0.5) is 4.79 Å². The largest absolute Gasteiger partial charge is 0.489 e. The second-order valence-electron chi connectivity index (χ2n) is 7.84. The SMILES string of the molecule is O=C(O)N1CCCc2oc3ccc(-n4ccc(OCc5ccccc5)cc4=O)cc3c2C1. The van der Waals surface area contributed by atoms with Crippen LogP contribution in [0.5, 0.6) is 5.75 Å². The molecule has 0 fully saturated rings. The fourth-order valence-corrected chi connectivity index (χ4v) is 4.08. The van der Waals surface area contributed by atoms with Crippen LogP contribution in [-0.4, -0.2) is 27.2 Å². The highest BCUT2D eigenvalue weighted by molar-refractivity contribution is 5.85. The first-order chi connectivity index (χ1) is 15.6. The van der Waals surface area contributed by atoms with Gasteiger partial charge in [0.2, 0.25) is 0 Å². The maximum Gasteiger partial charge on any atom is 0.407 e. The van der Waals surface area contributed by atoms with Gasteiger partial charge in [0.15, 0.2) is 0 Å². The van der Waals surface area contributed by atoms with Crippen LogP contribution in [0, 0.1) is 0 Å². The van der Waals surface area contributed by atoms with Gasteiger partial charge in [-0.15, -0.1) is 0 Å². The smallest absolute Gasteiger partial charge is 0.407 e. The van der Waals surface area contributed by atoms with Crippen LogP contribution in [0.2, 0.25) is 0 Å². The monoisotopic (exact) mass is 430 g/mol. The minimum atomic E-state index is -0.939. The molecule has 4 aromatic rings. The molecule has 0 unspecified atom stereocenters. The fraction of sp³-hybridized carbons (Fsp3) is 0.200. The lowest BCUT2D eigenvalue weighted by molar-refractivity contribution is 0.143. The lowest BCUT2D eigenvalue weighted by Crippen LogP contribution is -2.28. The Morgan fingerprint density at radius 3 is 2.72 bits per heavy atom. The van der Waals surface area contributed by atoms with E-state index in [1.165, 1.54) is 11.0 Å². The predicted molar refractivity (Wildman–Crippen MR) is 119 cm³/mol. The number of ether oxygens (including phenoxy) is 1. The topological polar surface area (TPSA) is 84.9 Å². The standard InChI is InChI=1S/C25H22N2O5/c28-24-14-19(31-16-17-5-2-1-3-6-17)10-12-27(24)18-8-9-23-20(13-18)21-15-26(25(29)30)11-4-7-22(21)32-23/h1-3,5-6,8-10,12-14H,4,7,11,15-16H2,(H,29,30). The molecule has 3 heterocycles. The summed E-state index contributed by atoms with van der Waals surface area (Å²) in [6, 6.07) is 18.5. The Morgan fingerprint density at radius 2 is 1.94 bits per heavy atom. The minimum absolute atomic E-state index is 0.211. The van der Waals surface area contributed by atoms with Crippen molar-refractivity contribution in [3.8, 4) is 11.4 Å². The molecule has 7 nitrogen and oxygen atoms in total. The molecule has 0 aliphatic carbocycles. The van der Waals surface area contributed by atoms with E-state index in [1.807, 2.05) is 48.5 Å². The van der Waals surface area contributed by atoms with Gasteiger partial charge >= 0.3 is 6.09 Å². The van der Waals surface area contributed by atoms with Crippen molar-refractivity contribution >= 4 is 17.1 Å². The molecule has 2 aromatic heterocycles. The molecule has 0 atom stereocenters. The molecule has 0 saturated carbocycles. The van der Waals surface area contributed by atoms with Crippen molar-refractivity contribution in [2.75, 3.05) is 6.54 Å². The van der Waals surface area contributed by atoms with Gasteiger partial charge in [-0.25, -0.2) is 4.79 Å². The average Bonchev–Trinajstić information content (AvgIpc) is 2.99. The van der Waals surface area contributed by atoms with Gasteiger partial charge in [-0.2, -0.15) is 0 Å². The van der Waals surface area contributed by atoms with Gasteiger partial charge in [0.25, 0.3) is 5.56 Å². The number of carboxylic acid groups (broad SMARTS) is 1. The summed E-state index contributed by atoms with van der Waals surface area (Å²) in [7, 11) is 0. The Hall–Kier alpha value is -4.00. The first-order valence-electron chi connectivity index (χ1n) is 10.5. The van der Waals surface area contributed by atoms with Gasteiger partial charge in [0.1, 0.15) is 23.7 Å². The summed E-state index contributed by atoms with van der Waals surface area (Å²) in [5, 5.41) is 10.3. The molecule has 162 valence electrons. The van der Waals surface area contributed by atoms with Crippen LogP contribution in [0.15, 0.2) is 76.1 Å². The zero-order valence-corrected chi connectivity index (χ0v) is 17.4. The van der Waals surface area contributed by atoms with Crippen molar-refractivity contribution in [2.45, 2.75) is 26.0 Å². The number of fused-ring (bicyclic) bond motifs is 3. The Balaban J connectivity index is 1.44. The fourth-order valence-electron chi connectivity index (χ4n) is 4.08. The van der Waals surface area contributed by atoms with Crippen LogP contribution in [0.1, 0.15) is 23.3 Å². The average molecular weight is 430 g/mol. The number of amides is 1. The summed E-state index contributed by atoms with van der Waals surface area (Å²) in [5.74, 6) is 1.32. The molecule has 0 spiro atoms. The number of carbonyl (C=O) groups is 1. The second kappa shape index (κ2) is 8.26. The Morgan fingerprint density at radius 1 is 1.09 bits per heavy atom. The van der Waals surface area contributed by atoms with Crippen LogP contribution < -0.4 is 10.3 Å². The van der Waals surface area contributed by atoms with Gasteiger partial charge < -0.3 is 19.2 Å². The molecule has 7 heteroatoms. The normalized spacial score (nSPS) is 13.6. The zero-order valence-electron chi connectivity index (χ0n) is 17.4.